The van der Waals surface area contributed by atoms with Crippen molar-refractivity contribution in [3.63, 3.8) is 0 Å². The van der Waals surface area contributed by atoms with Gasteiger partial charge in [-0.1, -0.05) is 24.3 Å². The molecule has 0 radical (unpaired) electrons. The maximum Gasteiger partial charge on any atom is 0.339 e. The Hall–Kier alpha value is -3.72. The molecular weight excluding hydrogens is 430 g/mol. The van der Waals surface area contributed by atoms with E-state index in [0.29, 0.717) is 16.4 Å². The van der Waals surface area contributed by atoms with Crippen molar-refractivity contribution in [2.75, 3.05) is 7.11 Å². The number of amides is 2. The van der Waals surface area contributed by atoms with E-state index >= 15 is 0 Å². The van der Waals surface area contributed by atoms with Crippen LogP contribution in [0.25, 0.3) is 0 Å². The minimum atomic E-state index is -1.57. The van der Waals surface area contributed by atoms with Crippen LogP contribution in [0.3, 0.4) is 0 Å². The number of methoxy groups -OCH3 is 1. The number of rotatable bonds is 8. The molecule has 0 fully saturated rings. The molecular formula is C24H25NO8. The number of fused-ring (bicyclic) bond motifs is 1. The molecule has 2 aromatic rings. The Morgan fingerprint density at radius 1 is 0.939 bits per heavy atom. The number of hydroxylamine groups is 2. The van der Waals surface area contributed by atoms with Crippen molar-refractivity contribution >= 4 is 23.8 Å². The minimum Gasteiger partial charge on any atom is -0.497 e. The second-order valence-electron chi connectivity index (χ2n) is 8.29. The molecule has 0 bridgehead atoms. The molecule has 0 saturated carbocycles. The molecule has 0 aromatic heterocycles. The van der Waals surface area contributed by atoms with Gasteiger partial charge in [0.25, 0.3) is 11.8 Å². The second-order valence-corrected chi connectivity index (χ2v) is 8.29. The zero-order valence-electron chi connectivity index (χ0n) is 18.8. The number of hydrogen-bond donors (Lipinski definition) is 0. The van der Waals surface area contributed by atoms with Crippen molar-refractivity contribution in [2.24, 2.45) is 0 Å². The molecule has 3 rings (SSSR count). The molecule has 9 nitrogen and oxygen atoms in total. The van der Waals surface area contributed by atoms with Crippen molar-refractivity contribution in [1.82, 2.24) is 5.06 Å². The van der Waals surface area contributed by atoms with E-state index in [0.717, 1.165) is 0 Å². The van der Waals surface area contributed by atoms with Gasteiger partial charge in [0.2, 0.25) is 0 Å². The van der Waals surface area contributed by atoms with E-state index in [4.69, 9.17) is 19.0 Å². The SMILES string of the molecule is COc1ccc(COC(=O)C(CC(=O)OC(C)(C)C)ON2C(=O)c3ccccc3C2=O)cc1. The van der Waals surface area contributed by atoms with Gasteiger partial charge in [-0.25, -0.2) is 9.63 Å². The topological polar surface area (TPSA) is 108 Å². The van der Waals surface area contributed by atoms with E-state index in [1.54, 1.807) is 57.2 Å². The van der Waals surface area contributed by atoms with Crippen LogP contribution in [0.4, 0.5) is 0 Å². The largest absolute Gasteiger partial charge is 0.497 e. The van der Waals surface area contributed by atoms with E-state index in [-0.39, 0.29) is 17.7 Å². The first-order valence-corrected chi connectivity index (χ1v) is 10.2. The quantitative estimate of drug-likeness (QED) is 0.441. The lowest BCUT2D eigenvalue weighted by molar-refractivity contribution is -0.189. The maximum atomic E-state index is 12.8. The molecule has 0 spiro atoms. The van der Waals surface area contributed by atoms with Gasteiger partial charge in [0.1, 0.15) is 18.0 Å². The normalized spacial score (nSPS) is 14.0. The highest BCUT2D eigenvalue weighted by Crippen LogP contribution is 2.25. The van der Waals surface area contributed by atoms with Crippen molar-refractivity contribution in [1.29, 1.82) is 0 Å². The van der Waals surface area contributed by atoms with Crippen LogP contribution in [-0.2, 0) is 30.5 Å². The lowest BCUT2D eigenvalue weighted by Gasteiger charge is -2.23. The maximum absolute atomic E-state index is 12.8. The molecule has 1 aliphatic rings. The van der Waals surface area contributed by atoms with E-state index in [9.17, 15) is 19.2 Å². The summed E-state index contributed by atoms with van der Waals surface area (Å²) in [6, 6.07) is 13.0. The molecule has 33 heavy (non-hydrogen) atoms. The minimum absolute atomic E-state index is 0.112. The molecule has 1 unspecified atom stereocenters. The molecule has 2 aromatic carbocycles. The summed E-state index contributed by atoms with van der Waals surface area (Å²) >= 11 is 0. The summed E-state index contributed by atoms with van der Waals surface area (Å²) in [4.78, 5) is 55.8. The molecule has 1 aliphatic heterocycles. The van der Waals surface area contributed by atoms with E-state index in [1.807, 2.05) is 0 Å². The van der Waals surface area contributed by atoms with E-state index in [1.165, 1.54) is 19.2 Å². The van der Waals surface area contributed by atoms with Crippen molar-refractivity contribution in [3.05, 3.63) is 65.2 Å². The Bertz CT molecular complexity index is 1020. The summed E-state index contributed by atoms with van der Waals surface area (Å²) in [6.07, 6.45) is -2.12. The standard InChI is InChI=1S/C24H25NO8/c1-24(2,3)32-20(26)13-19(23(29)31-14-15-9-11-16(30-4)12-10-15)33-25-21(27)17-7-5-6-8-18(17)22(25)28/h5-12,19H,13-14H2,1-4H3. The van der Waals surface area contributed by atoms with Crippen LogP contribution < -0.4 is 4.74 Å². The second kappa shape index (κ2) is 9.83. The van der Waals surface area contributed by atoms with Crippen molar-refractivity contribution in [2.45, 2.75) is 45.5 Å². The third kappa shape index (κ3) is 5.95. The molecule has 0 aliphatic carbocycles. The summed E-state index contributed by atoms with van der Waals surface area (Å²) < 4.78 is 15.6. The lowest BCUT2D eigenvalue weighted by Crippen LogP contribution is -2.40. The number of benzene rings is 2. The monoisotopic (exact) mass is 455 g/mol. The number of carbonyl (C=O) groups is 4. The summed E-state index contributed by atoms with van der Waals surface area (Å²) in [5, 5.41) is 0.480. The highest BCUT2D eigenvalue weighted by molar-refractivity contribution is 6.20. The Labute approximate surface area is 191 Å². The number of esters is 2. The van der Waals surface area contributed by atoms with Crippen LogP contribution >= 0.6 is 0 Å². The average molecular weight is 455 g/mol. The van der Waals surface area contributed by atoms with Crippen LogP contribution in [0.1, 0.15) is 53.5 Å². The third-order valence-electron chi connectivity index (χ3n) is 4.56. The summed E-state index contributed by atoms with van der Waals surface area (Å²) in [6.45, 7) is 4.91. The van der Waals surface area contributed by atoms with Gasteiger partial charge in [-0.3, -0.25) is 14.4 Å². The van der Waals surface area contributed by atoms with Crippen LogP contribution in [-0.4, -0.2) is 47.6 Å². The zero-order chi connectivity index (χ0) is 24.2. The highest BCUT2D eigenvalue weighted by atomic mass is 16.7. The Kier molecular flexibility index (Phi) is 7.13. The number of hydrogen-bond acceptors (Lipinski definition) is 8. The summed E-state index contributed by atoms with van der Waals surface area (Å²) in [7, 11) is 1.53. The van der Waals surface area contributed by atoms with Gasteiger partial charge < -0.3 is 14.2 Å². The first kappa shape index (κ1) is 23.9. The summed E-state index contributed by atoms with van der Waals surface area (Å²) in [5.41, 5.74) is 0.153. The number of nitrogens with zero attached hydrogens (tertiary/aromatic N) is 1. The van der Waals surface area contributed by atoms with Crippen LogP contribution in [0.2, 0.25) is 0 Å². The van der Waals surface area contributed by atoms with Crippen molar-refractivity contribution in [3.8, 4) is 5.75 Å². The zero-order valence-corrected chi connectivity index (χ0v) is 18.8. The fourth-order valence-electron chi connectivity index (χ4n) is 3.06. The molecule has 0 N–H and O–H groups in total. The van der Waals surface area contributed by atoms with Crippen molar-refractivity contribution < 1.29 is 38.2 Å². The van der Waals surface area contributed by atoms with Gasteiger partial charge in [0.15, 0.2) is 6.10 Å². The molecule has 1 heterocycles. The molecule has 9 heteroatoms. The van der Waals surface area contributed by atoms with Crippen LogP contribution in [0.5, 0.6) is 5.75 Å². The summed E-state index contributed by atoms with van der Waals surface area (Å²) in [5.74, 6) is -2.49. The highest BCUT2D eigenvalue weighted by Gasteiger charge is 2.40. The van der Waals surface area contributed by atoms with Gasteiger partial charge in [0, 0.05) is 0 Å². The first-order valence-electron chi connectivity index (χ1n) is 10.2. The van der Waals surface area contributed by atoms with Crippen LogP contribution in [0, 0.1) is 0 Å². The van der Waals surface area contributed by atoms with Gasteiger partial charge >= 0.3 is 11.9 Å². The van der Waals surface area contributed by atoms with Gasteiger partial charge in [-0.15, -0.1) is 5.06 Å². The van der Waals surface area contributed by atoms with Gasteiger partial charge in [-0.2, -0.15) is 0 Å². The van der Waals surface area contributed by atoms with Crippen LogP contribution in [0.15, 0.2) is 48.5 Å². The predicted molar refractivity (Wildman–Crippen MR) is 115 cm³/mol. The number of ether oxygens (including phenoxy) is 3. The third-order valence-corrected chi connectivity index (χ3v) is 4.56. The Morgan fingerprint density at radius 3 is 2.03 bits per heavy atom. The Balaban J connectivity index is 1.74. The van der Waals surface area contributed by atoms with E-state index < -0.39 is 41.9 Å². The fourth-order valence-corrected chi connectivity index (χ4v) is 3.06. The lowest BCUT2D eigenvalue weighted by atomic mass is 10.1. The number of imide groups is 1. The Morgan fingerprint density at radius 2 is 1.52 bits per heavy atom. The molecule has 2 amide bonds. The predicted octanol–water partition coefficient (Wildman–Crippen LogP) is 3.07. The first-order chi connectivity index (χ1) is 15.6. The smallest absolute Gasteiger partial charge is 0.339 e. The molecule has 1 atom stereocenters. The molecule has 0 saturated heterocycles. The molecule has 174 valence electrons. The van der Waals surface area contributed by atoms with Gasteiger partial charge in [0.05, 0.1) is 24.7 Å². The number of carbonyl (C=O) groups excluding carboxylic acids is 4. The van der Waals surface area contributed by atoms with Gasteiger partial charge in [-0.05, 0) is 50.6 Å². The van der Waals surface area contributed by atoms with E-state index in [2.05, 4.69) is 0 Å². The average Bonchev–Trinajstić information content (AvgIpc) is 3.01. The fraction of sp³-hybridized carbons (Fsp3) is 0.333.